The van der Waals surface area contributed by atoms with Gasteiger partial charge in [-0.15, -0.1) is 0 Å². The van der Waals surface area contributed by atoms with Crippen LogP contribution < -0.4 is 0 Å². The highest BCUT2D eigenvalue weighted by atomic mass is 79.9. The molecular formula is C5H9BrO. The molecule has 1 N–H and O–H groups in total. The maximum atomic E-state index is 8.37. The largest absolute Gasteiger partial charge is 0.396 e. The molecule has 0 amide bonds. The molecule has 0 bridgehead atoms. The van der Waals surface area contributed by atoms with Crippen molar-refractivity contribution in [3.05, 3.63) is 0 Å². The van der Waals surface area contributed by atoms with Crippen LogP contribution in [-0.2, 0) is 0 Å². The van der Waals surface area contributed by atoms with Gasteiger partial charge in [-0.25, -0.2) is 0 Å². The first-order valence-corrected chi connectivity index (χ1v) is 3.51. The second-order valence-corrected chi connectivity index (χ2v) is 3.20. The maximum absolute atomic E-state index is 8.37. The summed E-state index contributed by atoms with van der Waals surface area (Å²) in [5.74, 6) is 0.782. The zero-order valence-electron chi connectivity index (χ0n) is 4.10. The van der Waals surface area contributed by atoms with E-state index in [4.69, 9.17) is 5.11 Å². The van der Waals surface area contributed by atoms with Gasteiger partial charge < -0.3 is 5.11 Å². The minimum Gasteiger partial charge on any atom is -0.396 e. The maximum Gasteiger partial charge on any atom is 0.0434 e. The highest BCUT2D eigenvalue weighted by Crippen LogP contribution is 2.39. The molecule has 0 heterocycles. The molecule has 0 spiro atoms. The number of hydrogen-bond donors (Lipinski definition) is 1. The van der Waals surface area contributed by atoms with E-state index in [9.17, 15) is 0 Å². The number of aliphatic hydroxyl groups is 1. The molecule has 0 aromatic carbocycles. The van der Waals surface area contributed by atoms with Gasteiger partial charge in [0, 0.05) is 11.4 Å². The molecule has 2 atom stereocenters. The molecule has 1 rings (SSSR count). The second kappa shape index (κ2) is 2.14. The van der Waals surface area contributed by atoms with Crippen molar-refractivity contribution in [3.8, 4) is 0 Å². The Hall–Kier alpha value is 0.440. The topological polar surface area (TPSA) is 20.2 Å². The van der Waals surface area contributed by atoms with E-state index in [2.05, 4.69) is 15.9 Å². The van der Waals surface area contributed by atoms with Crippen LogP contribution in [0.25, 0.3) is 0 Å². The first-order chi connectivity index (χ1) is 3.34. The van der Waals surface area contributed by atoms with Crippen LogP contribution in [0.3, 0.4) is 0 Å². The molecule has 2 unspecified atom stereocenters. The van der Waals surface area contributed by atoms with Gasteiger partial charge in [0.15, 0.2) is 0 Å². The molecule has 0 aromatic rings. The highest BCUT2D eigenvalue weighted by molar-refractivity contribution is 9.09. The Morgan fingerprint density at radius 1 is 1.71 bits per heavy atom. The summed E-state index contributed by atoms with van der Waals surface area (Å²) in [6.07, 6.45) is 2.25. The van der Waals surface area contributed by atoms with Crippen LogP contribution >= 0.6 is 15.9 Å². The third-order valence-corrected chi connectivity index (χ3v) is 2.46. The number of halogens is 1. The molecule has 0 saturated heterocycles. The van der Waals surface area contributed by atoms with E-state index in [1.165, 1.54) is 6.42 Å². The zero-order chi connectivity index (χ0) is 5.28. The van der Waals surface area contributed by atoms with Crippen LogP contribution in [-0.4, -0.2) is 16.5 Å². The minimum absolute atomic E-state index is 0.354. The molecule has 7 heavy (non-hydrogen) atoms. The van der Waals surface area contributed by atoms with Gasteiger partial charge in [0.1, 0.15) is 0 Å². The van der Waals surface area contributed by atoms with Crippen LogP contribution in [0.1, 0.15) is 12.8 Å². The Bertz CT molecular complexity index is 65.1. The molecule has 1 aliphatic rings. The van der Waals surface area contributed by atoms with Gasteiger partial charge in [-0.2, -0.15) is 0 Å². The van der Waals surface area contributed by atoms with E-state index in [-0.39, 0.29) is 0 Å². The quantitative estimate of drug-likeness (QED) is 0.608. The molecule has 1 aliphatic carbocycles. The van der Waals surface area contributed by atoms with Crippen LogP contribution in [0.5, 0.6) is 0 Å². The average molecular weight is 165 g/mol. The normalized spacial score (nSPS) is 38.6. The first-order valence-electron chi connectivity index (χ1n) is 2.59. The third-order valence-electron chi connectivity index (χ3n) is 1.34. The molecule has 0 aromatic heterocycles. The van der Waals surface area contributed by atoms with Gasteiger partial charge in [0.05, 0.1) is 0 Å². The Morgan fingerprint density at radius 3 is 2.43 bits per heavy atom. The van der Waals surface area contributed by atoms with E-state index < -0.39 is 0 Å². The minimum atomic E-state index is 0.354. The van der Waals surface area contributed by atoms with E-state index in [0.29, 0.717) is 6.61 Å². The number of aliphatic hydroxyl groups excluding tert-OH is 1. The van der Waals surface area contributed by atoms with Crippen LogP contribution in [0.2, 0.25) is 0 Å². The lowest BCUT2D eigenvalue weighted by atomic mass is 10.3. The van der Waals surface area contributed by atoms with Crippen molar-refractivity contribution in [2.45, 2.75) is 17.7 Å². The van der Waals surface area contributed by atoms with Gasteiger partial charge >= 0.3 is 0 Å². The van der Waals surface area contributed by atoms with Crippen molar-refractivity contribution in [1.82, 2.24) is 0 Å². The third kappa shape index (κ3) is 1.42. The highest BCUT2D eigenvalue weighted by Gasteiger charge is 2.33. The zero-order valence-corrected chi connectivity index (χ0v) is 5.69. The lowest BCUT2D eigenvalue weighted by molar-refractivity contribution is 0.280. The second-order valence-electron chi connectivity index (χ2n) is 2.02. The molecule has 1 saturated carbocycles. The Labute approximate surface area is 51.9 Å². The van der Waals surface area contributed by atoms with Crippen molar-refractivity contribution in [3.63, 3.8) is 0 Å². The van der Waals surface area contributed by atoms with Gasteiger partial charge in [-0.1, -0.05) is 15.9 Å². The summed E-state index contributed by atoms with van der Waals surface area (Å²) < 4.78 is 0. The lowest BCUT2D eigenvalue weighted by Crippen LogP contribution is -1.84. The molecule has 1 nitrogen and oxygen atoms in total. The molecule has 1 fully saturated rings. The molecule has 42 valence electrons. The molecule has 0 aliphatic heterocycles. The molecule has 2 heteroatoms. The summed E-state index contributed by atoms with van der Waals surface area (Å²) in [5, 5.41) is 8.37. The summed E-state index contributed by atoms with van der Waals surface area (Å²) in [4.78, 5) is 0.722. The molecular weight excluding hydrogens is 156 g/mol. The number of rotatable bonds is 2. The van der Waals surface area contributed by atoms with Gasteiger partial charge in [0.2, 0.25) is 0 Å². The SMILES string of the molecule is OCCC1CC1Br. The Balaban J connectivity index is 1.98. The fourth-order valence-corrected chi connectivity index (χ4v) is 1.42. The van der Waals surface area contributed by atoms with Crippen molar-refractivity contribution >= 4 is 15.9 Å². The van der Waals surface area contributed by atoms with Crippen molar-refractivity contribution in [2.24, 2.45) is 5.92 Å². The fraction of sp³-hybridized carbons (Fsp3) is 1.00. The number of alkyl halides is 1. The summed E-state index contributed by atoms with van der Waals surface area (Å²) in [5.41, 5.74) is 0. The first kappa shape index (κ1) is 5.57. The summed E-state index contributed by atoms with van der Waals surface area (Å²) >= 11 is 3.44. The predicted molar refractivity (Wildman–Crippen MR) is 32.5 cm³/mol. The van der Waals surface area contributed by atoms with Gasteiger partial charge in [-0.3, -0.25) is 0 Å². The standard InChI is InChI=1S/C5H9BrO/c6-5-3-4(5)1-2-7/h4-5,7H,1-3H2. The average Bonchev–Trinajstić information content (AvgIpc) is 2.22. The van der Waals surface area contributed by atoms with E-state index in [0.717, 1.165) is 17.2 Å². The Kier molecular flexibility index (Phi) is 1.70. The van der Waals surface area contributed by atoms with Crippen LogP contribution in [0, 0.1) is 5.92 Å². The smallest absolute Gasteiger partial charge is 0.0434 e. The lowest BCUT2D eigenvalue weighted by Gasteiger charge is -1.85. The van der Waals surface area contributed by atoms with Gasteiger partial charge in [-0.05, 0) is 18.8 Å². The predicted octanol–water partition coefficient (Wildman–Crippen LogP) is 1.15. The van der Waals surface area contributed by atoms with Crippen LogP contribution in [0.4, 0.5) is 0 Å². The summed E-state index contributed by atoms with van der Waals surface area (Å²) in [7, 11) is 0. The van der Waals surface area contributed by atoms with Crippen molar-refractivity contribution < 1.29 is 5.11 Å². The van der Waals surface area contributed by atoms with Crippen molar-refractivity contribution in [2.75, 3.05) is 6.61 Å². The van der Waals surface area contributed by atoms with E-state index in [1.54, 1.807) is 0 Å². The van der Waals surface area contributed by atoms with Crippen LogP contribution in [0.15, 0.2) is 0 Å². The van der Waals surface area contributed by atoms with E-state index in [1.807, 2.05) is 0 Å². The van der Waals surface area contributed by atoms with E-state index >= 15 is 0 Å². The van der Waals surface area contributed by atoms with Gasteiger partial charge in [0.25, 0.3) is 0 Å². The monoisotopic (exact) mass is 164 g/mol. The fourth-order valence-electron chi connectivity index (χ4n) is 0.675. The number of hydrogen-bond acceptors (Lipinski definition) is 1. The summed E-state index contributed by atoms with van der Waals surface area (Å²) in [6, 6.07) is 0. The molecule has 0 radical (unpaired) electrons. The van der Waals surface area contributed by atoms with Crippen molar-refractivity contribution in [1.29, 1.82) is 0 Å². The Morgan fingerprint density at radius 2 is 2.29 bits per heavy atom. The summed E-state index contributed by atoms with van der Waals surface area (Å²) in [6.45, 7) is 0.354.